The van der Waals surface area contributed by atoms with Crippen molar-refractivity contribution < 1.29 is 0 Å². The fourth-order valence-electron chi connectivity index (χ4n) is 4.23. The molecule has 3 heterocycles. The molecule has 0 bridgehead atoms. The minimum atomic E-state index is 0.460. The van der Waals surface area contributed by atoms with E-state index < -0.39 is 0 Å². The van der Waals surface area contributed by atoms with Gasteiger partial charge in [0.05, 0.1) is 5.52 Å². The highest BCUT2D eigenvalue weighted by atomic mass is 15.2. The van der Waals surface area contributed by atoms with Gasteiger partial charge >= 0.3 is 0 Å². The van der Waals surface area contributed by atoms with Gasteiger partial charge in [-0.1, -0.05) is 11.6 Å². The topological polar surface area (TPSA) is 37.2 Å². The van der Waals surface area contributed by atoms with E-state index in [1.165, 1.54) is 35.2 Å². The van der Waals surface area contributed by atoms with E-state index >= 15 is 0 Å². The number of piperidine rings is 1. The third kappa shape index (κ3) is 3.90. The smallest absolute Gasteiger partial charge is 0.129 e. The van der Waals surface area contributed by atoms with Crippen LogP contribution in [0.2, 0.25) is 0 Å². The van der Waals surface area contributed by atoms with Crippen molar-refractivity contribution in [1.29, 1.82) is 0 Å². The SMILES string of the molecule is Cc1ccc2nc(N3CCC[C@@H](c4nccn4CCN(C)C)C3)cc(C)c2c1. The van der Waals surface area contributed by atoms with Crippen LogP contribution in [0.5, 0.6) is 0 Å². The number of benzene rings is 1. The van der Waals surface area contributed by atoms with Crippen molar-refractivity contribution in [2.24, 2.45) is 0 Å². The van der Waals surface area contributed by atoms with Gasteiger partial charge in [-0.15, -0.1) is 0 Å². The van der Waals surface area contributed by atoms with Gasteiger partial charge in [0.2, 0.25) is 0 Å². The molecule has 0 saturated carbocycles. The molecule has 0 aliphatic carbocycles. The van der Waals surface area contributed by atoms with Crippen molar-refractivity contribution in [1.82, 2.24) is 19.4 Å². The van der Waals surface area contributed by atoms with E-state index in [2.05, 4.69) is 72.8 Å². The number of pyridine rings is 1. The van der Waals surface area contributed by atoms with Gasteiger partial charge in [0.1, 0.15) is 11.6 Å². The van der Waals surface area contributed by atoms with Crippen molar-refractivity contribution in [2.45, 2.75) is 39.2 Å². The summed E-state index contributed by atoms with van der Waals surface area (Å²) in [6, 6.07) is 8.79. The first-order chi connectivity index (χ1) is 13.5. The van der Waals surface area contributed by atoms with E-state index in [1.54, 1.807) is 0 Å². The Kier molecular flexibility index (Phi) is 5.36. The number of nitrogens with zero attached hydrogens (tertiary/aromatic N) is 5. The first-order valence-electron chi connectivity index (χ1n) is 10.3. The molecule has 4 rings (SSSR count). The second kappa shape index (κ2) is 7.92. The average molecular weight is 378 g/mol. The third-order valence-electron chi connectivity index (χ3n) is 5.80. The zero-order chi connectivity index (χ0) is 19.7. The van der Waals surface area contributed by atoms with Crippen molar-refractivity contribution in [3.8, 4) is 0 Å². The summed E-state index contributed by atoms with van der Waals surface area (Å²) in [6.45, 7) is 8.42. The van der Waals surface area contributed by atoms with E-state index in [-0.39, 0.29) is 0 Å². The number of anilines is 1. The molecule has 5 nitrogen and oxygen atoms in total. The minimum Gasteiger partial charge on any atom is -0.356 e. The molecule has 3 aromatic rings. The molecule has 1 aromatic carbocycles. The molecule has 1 aliphatic heterocycles. The normalized spacial score (nSPS) is 17.6. The lowest BCUT2D eigenvalue weighted by Crippen LogP contribution is -2.36. The maximum absolute atomic E-state index is 4.99. The van der Waals surface area contributed by atoms with Crippen molar-refractivity contribution in [2.75, 3.05) is 38.6 Å². The van der Waals surface area contributed by atoms with E-state index in [0.29, 0.717) is 5.92 Å². The van der Waals surface area contributed by atoms with Crippen LogP contribution < -0.4 is 4.90 Å². The summed E-state index contributed by atoms with van der Waals surface area (Å²) in [6.07, 6.45) is 6.45. The minimum absolute atomic E-state index is 0.460. The molecule has 1 aliphatic rings. The Labute approximate surface area is 168 Å². The summed E-state index contributed by atoms with van der Waals surface area (Å²) in [7, 11) is 4.24. The number of fused-ring (bicyclic) bond motifs is 1. The summed E-state index contributed by atoms with van der Waals surface area (Å²) in [4.78, 5) is 14.4. The molecule has 1 atom stereocenters. The fraction of sp³-hybridized carbons (Fsp3) is 0.478. The van der Waals surface area contributed by atoms with Gasteiger partial charge in [0, 0.05) is 49.9 Å². The molecule has 1 fully saturated rings. The van der Waals surface area contributed by atoms with Gasteiger partial charge in [0.15, 0.2) is 0 Å². The monoisotopic (exact) mass is 377 g/mol. The van der Waals surface area contributed by atoms with Gasteiger partial charge in [-0.25, -0.2) is 9.97 Å². The largest absolute Gasteiger partial charge is 0.356 e. The highest BCUT2D eigenvalue weighted by Gasteiger charge is 2.26. The summed E-state index contributed by atoms with van der Waals surface area (Å²) in [5, 5.41) is 1.26. The van der Waals surface area contributed by atoms with Crippen LogP contribution in [0.1, 0.15) is 35.7 Å². The molecule has 0 radical (unpaired) electrons. The number of aromatic nitrogens is 3. The standard InChI is InChI=1S/C23H31N5/c1-17-7-8-21-20(14-17)18(2)15-22(25-21)28-10-5-6-19(16-28)23-24-9-11-27(23)13-12-26(3)4/h7-9,11,14-15,19H,5-6,10,12-13,16H2,1-4H3/t19-/m1/s1. The van der Waals surface area contributed by atoms with Crippen LogP contribution in [-0.2, 0) is 6.54 Å². The Morgan fingerprint density at radius 1 is 1.18 bits per heavy atom. The number of hydrogen-bond acceptors (Lipinski definition) is 4. The first kappa shape index (κ1) is 18.9. The first-order valence-corrected chi connectivity index (χ1v) is 10.3. The molecular weight excluding hydrogens is 346 g/mol. The number of aryl methyl sites for hydroxylation is 2. The number of likely N-dealkylation sites (N-methyl/N-ethyl adjacent to an activating group) is 1. The maximum Gasteiger partial charge on any atom is 0.129 e. The molecule has 0 spiro atoms. The van der Waals surface area contributed by atoms with E-state index in [4.69, 9.17) is 9.97 Å². The second-order valence-corrected chi connectivity index (χ2v) is 8.39. The number of hydrogen-bond donors (Lipinski definition) is 0. The third-order valence-corrected chi connectivity index (χ3v) is 5.80. The van der Waals surface area contributed by atoms with Crippen LogP contribution in [0, 0.1) is 13.8 Å². The summed E-state index contributed by atoms with van der Waals surface area (Å²) in [5.41, 5.74) is 3.68. The lowest BCUT2D eigenvalue weighted by atomic mass is 9.96. The van der Waals surface area contributed by atoms with Crippen LogP contribution in [0.15, 0.2) is 36.7 Å². The second-order valence-electron chi connectivity index (χ2n) is 8.39. The summed E-state index contributed by atoms with van der Waals surface area (Å²) >= 11 is 0. The lowest BCUT2D eigenvalue weighted by Gasteiger charge is -2.34. The molecule has 1 saturated heterocycles. The van der Waals surface area contributed by atoms with Crippen LogP contribution >= 0.6 is 0 Å². The van der Waals surface area contributed by atoms with Crippen LogP contribution in [0.4, 0.5) is 5.82 Å². The van der Waals surface area contributed by atoms with Crippen LogP contribution in [-0.4, -0.2) is 53.2 Å². The molecular formula is C23H31N5. The van der Waals surface area contributed by atoms with Gasteiger partial charge < -0.3 is 14.4 Å². The van der Waals surface area contributed by atoms with Crippen LogP contribution in [0.3, 0.4) is 0 Å². The summed E-state index contributed by atoms with van der Waals surface area (Å²) in [5.74, 6) is 2.78. The Hall–Kier alpha value is -2.40. The average Bonchev–Trinajstić information content (AvgIpc) is 3.15. The van der Waals surface area contributed by atoms with Gasteiger partial charge in [-0.2, -0.15) is 0 Å². The molecule has 28 heavy (non-hydrogen) atoms. The molecule has 2 aromatic heterocycles. The lowest BCUT2D eigenvalue weighted by molar-refractivity contribution is 0.373. The Bertz CT molecular complexity index is 959. The van der Waals surface area contributed by atoms with Crippen molar-refractivity contribution >= 4 is 16.7 Å². The summed E-state index contributed by atoms with van der Waals surface area (Å²) < 4.78 is 2.33. The maximum atomic E-state index is 4.99. The highest BCUT2D eigenvalue weighted by molar-refractivity contribution is 5.84. The van der Waals surface area contributed by atoms with Crippen molar-refractivity contribution in [3.63, 3.8) is 0 Å². The predicted octanol–water partition coefficient (Wildman–Crippen LogP) is 3.99. The highest BCUT2D eigenvalue weighted by Crippen LogP contribution is 2.30. The Morgan fingerprint density at radius 2 is 2.04 bits per heavy atom. The quantitative estimate of drug-likeness (QED) is 0.674. The molecule has 0 N–H and O–H groups in total. The zero-order valence-corrected chi connectivity index (χ0v) is 17.5. The fourth-order valence-corrected chi connectivity index (χ4v) is 4.23. The number of imidazole rings is 1. The zero-order valence-electron chi connectivity index (χ0n) is 17.5. The molecule has 0 unspecified atom stereocenters. The molecule has 148 valence electrons. The van der Waals surface area contributed by atoms with E-state index in [9.17, 15) is 0 Å². The van der Waals surface area contributed by atoms with Crippen LogP contribution in [0.25, 0.3) is 10.9 Å². The van der Waals surface area contributed by atoms with E-state index in [1.807, 2.05) is 6.20 Å². The van der Waals surface area contributed by atoms with Gasteiger partial charge in [-0.05, 0) is 64.5 Å². The number of rotatable bonds is 5. The molecule has 5 heteroatoms. The Morgan fingerprint density at radius 3 is 2.86 bits per heavy atom. The Balaban J connectivity index is 1.57. The van der Waals surface area contributed by atoms with Crippen molar-refractivity contribution in [3.05, 3.63) is 53.6 Å². The van der Waals surface area contributed by atoms with Gasteiger partial charge in [0.25, 0.3) is 0 Å². The predicted molar refractivity (Wildman–Crippen MR) is 116 cm³/mol. The van der Waals surface area contributed by atoms with E-state index in [0.717, 1.165) is 37.5 Å². The molecule has 0 amide bonds. The van der Waals surface area contributed by atoms with Gasteiger partial charge in [-0.3, -0.25) is 0 Å².